The second-order valence-electron chi connectivity index (χ2n) is 5.74. The van der Waals surface area contributed by atoms with E-state index in [1.165, 1.54) is 19.2 Å². The Morgan fingerprint density at radius 1 is 1.16 bits per heavy atom. The fourth-order valence-electron chi connectivity index (χ4n) is 2.75. The van der Waals surface area contributed by atoms with Crippen molar-refractivity contribution in [1.29, 1.82) is 0 Å². The molecule has 0 fully saturated rings. The molecule has 1 aromatic heterocycles. The number of sulfonamides is 1. The van der Waals surface area contributed by atoms with E-state index in [2.05, 4.69) is 9.71 Å². The topological polar surface area (TPSA) is 91.4 Å². The molecule has 0 amide bonds. The Morgan fingerprint density at radius 3 is 2.56 bits per heavy atom. The van der Waals surface area contributed by atoms with Gasteiger partial charge in [0.1, 0.15) is 5.75 Å². The van der Waals surface area contributed by atoms with Gasteiger partial charge in [-0.15, -0.1) is 0 Å². The van der Waals surface area contributed by atoms with Crippen molar-refractivity contribution in [2.45, 2.75) is 17.4 Å². The summed E-state index contributed by atoms with van der Waals surface area (Å²) in [5.74, 6) is 0.580. The molecule has 0 aliphatic heterocycles. The minimum absolute atomic E-state index is 0.130. The molecule has 132 valence electrons. The number of aliphatic hydroxyl groups is 1. The Balaban J connectivity index is 1.78. The highest BCUT2D eigenvalue weighted by atomic mass is 32.2. The Kier molecular flexibility index (Phi) is 5.08. The number of aromatic nitrogens is 1. The average Bonchev–Trinajstić information content (AvgIpc) is 3.04. The van der Waals surface area contributed by atoms with Crippen LogP contribution in [0.3, 0.4) is 0 Å². The molecule has 0 bridgehead atoms. The van der Waals surface area contributed by atoms with Crippen LogP contribution in [0.2, 0.25) is 0 Å². The first-order valence-electron chi connectivity index (χ1n) is 7.85. The molecule has 25 heavy (non-hydrogen) atoms. The van der Waals surface area contributed by atoms with Crippen molar-refractivity contribution in [1.82, 2.24) is 9.71 Å². The maximum atomic E-state index is 12.5. The molecule has 0 aliphatic carbocycles. The zero-order valence-electron chi connectivity index (χ0n) is 13.8. The molecule has 0 aliphatic rings. The number of benzene rings is 2. The Bertz CT molecular complexity index is 949. The van der Waals surface area contributed by atoms with Gasteiger partial charge in [-0.2, -0.15) is 0 Å². The number of fused-ring (bicyclic) bond motifs is 1. The maximum Gasteiger partial charge on any atom is 0.240 e. The maximum absolute atomic E-state index is 12.5. The summed E-state index contributed by atoms with van der Waals surface area (Å²) >= 11 is 0. The van der Waals surface area contributed by atoms with E-state index in [1.54, 1.807) is 12.1 Å². The van der Waals surface area contributed by atoms with Crippen molar-refractivity contribution < 1.29 is 18.3 Å². The third kappa shape index (κ3) is 3.84. The van der Waals surface area contributed by atoms with Gasteiger partial charge in [-0.05, 0) is 42.3 Å². The Hall–Kier alpha value is -2.35. The van der Waals surface area contributed by atoms with Gasteiger partial charge in [-0.1, -0.05) is 18.2 Å². The second-order valence-corrected chi connectivity index (χ2v) is 7.45. The number of hydrogen-bond donors (Lipinski definition) is 3. The monoisotopic (exact) mass is 360 g/mol. The molecular formula is C18H20N2O4S. The van der Waals surface area contributed by atoms with Crippen LogP contribution in [0.4, 0.5) is 0 Å². The van der Waals surface area contributed by atoms with Crippen molar-refractivity contribution in [3.05, 3.63) is 60.3 Å². The number of para-hydroxylation sites is 1. The van der Waals surface area contributed by atoms with E-state index in [1.807, 2.05) is 30.5 Å². The SMILES string of the molecule is COc1ccc(S(=O)(=O)NC(CO)Cc2c[nH]c3ccccc23)cc1. The fourth-order valence-corrected chi connectivity index (χ4v) is 3.98. The molecule has 6 nitrogen and oxygen atoms in total. The van der Waals surface area contributed by atoms with E-state index >= 15 is 0 Å². The first-order valence-corrected chi connectivity index (χ1v) is 9.34. The molecule has 0 spiro atoms. The minimum Gasteiger partial charge on any atom is -0.497 e. The van der Waals surface area contributed by atoms with Crippen molar-refractivity contribution in [2.24, 2.45) is 0 Å². The van der Waals surface area contributed by atoms with Gasteiger partial charge < -0.3 is 14.8 Å². The second kappa shape index (κ2) is 7.26. The zero-order valence-corrected chi connectivity index (χ0v) is 14.6. The molecule has 3 aromatic rings. The van der Waals surface area contributed by atoms with Crippen molar-refractivity contribution >= 4 is 20.9 Å². The lowest BCUT2D eigenvalue weighted by molar-refractivity contribution is 0.256. The summed E-state index contributed by atoms with van der Waals surface area (Å²) in [5, 5.41) is 10.7. The van der Waals surface area contributed by atoms with Crippen LogP contribution in [0.25, 0.3) is 10.9 Å². The highest BCUT2D eigenvalue weighted by Gasteiger charge is 2.21. The number of aromatic amines is 1. The van der Waals surface area contributed by atoms with Gasteiger partial charge in [-0.3, -0.25) is 0 Å². The van der Waals surface area contributed by atoms with Crippen LogP contribution in [-0.2, 0) is 16.4 Å². The van der Waals surface area contributed by atoms with Gasteiger partial charge in [0.25, 0.3) is 0 Å². The number of H-pyrrole nitrogens is 1. The van der Waals surface area contributed by atoms with E-state index in [4.69, 9.17) is 4.74 Å². The molecule has 7 heteroatoms. The summed E-state index contributed by atoms with van der Waals surface area (Å²) in [4.78, 5) is 3.28. The van der Waals surface area contributed by atoms with Gasteiger partial charge in [0, 0.05) is 23.1 Å². The van der Waals surface area contributed by atoms with Crippen molar-refractivity contribution in [3.63, 3.8) is 0 Å². The van der Waals surface area contributed by atoms with Crippen LogP contribution in [-0.4, -0.2) is 38.3 Å². The lowest BCUT2D eigenvalue weighted by atomic mass is 10.1. The molecule has 0 saturated heterocycles. The van der Waals surface area contributed by atoms with Gasteiger partial charge in [-0.25, -0.2) is 13.1 Å². The Labute approximate surface area is 146 Å². The highest BCUT2D eigenvalue weighted by Crippen LogP contribution is 2.20. The van der Waals surface area contributed by atoms with Gasteiger partial charge >= 0.3 is 0 Å². The third-order valence-electron chi connectivity index (χ3n) is 4.05. The summed E-state index contributed by atoms with van der Waals surface area (Å²) in [5.41, 5.74) is 1.93. The van der Waals surface area contributed by atoms with Gasteiger partial charge in [0.2, 0.25) is 10.0 Å². The highest BCUT2D eigenvalue weighted by molar-refractivity contribution is 7.89. The van der Waals surface area contributed by atoms with Gasteiger partial charge in [0.05, 0.1) is 18.6 Å². The van der Waals surface area contributed by atoms with E-state index in [0.717, 1.165) is 16.5 Å². The Morgan fingerprint density at radius 2 is 1.88 bits per heavy atom. The largest absolute Gasteiger partial charge is 0.497 e. The summed E-state index contributed by atoms with van der Waals surface area (Å²) in [6.45, 7) is -0.297. The normalized spacial score (nSPS) is 13.0. The van der Waals surface area contributed by atoms with Crippen molar-refractivity contribution in [2.75, 3.05) is 13.7 Å². The molecule has 0 radical (unpaired) electrons. The van der Waals surface area contributed by atoms with Crippen molar-refractivity contribution in [3.8, 4) is 5.75 Å². The third-order valence-corrected chi connectivity index (χ3v) is 5.59. The predicted molar refractivity (Wildman–Crippen MR) is 96.2 cm³/mol. The molecule has 3 rings (SSSR count). The molecule has 0 saturated carbocycles. The van der Waals surface area contributed by atoms with E-state index in [9.17, 15) is 13.5 Å². The molecule has 1 unspecified atom stereocenters. The van der Waals surface area contributed by atoms with E-state index < -0.39 is 16.1 Å². The summed E-state index contributed by atoms with van der Waals surface area (Å²) in [7, 11) is -2.21. The molecule has 2 aromatic carbocycles. The fraction of sp³-hybridized carbons (Fsp3) is 0.222. The summed E-state index contributed by atoms with van der Waals surface area (Å²) in [6.07, 6.45) is 2.23. The lowest BCUT2D eigenvalue weighted by Gasteiger charge is -2.16. The number of nitrogens with one attached hydrogen (secondary N) is 2. The first-order chi connectivity index (χ1) is 12.0. The molecule has 1 heterocycles. The number of rotatable bonds is 7. The number of ether oxygens (including phenoxy) is 1. The summed E-state index contributed by atoms with van der Waals surface area (Å²) < 4.78 is 32.6. The molecule has 3 N–H and O–H groups in total. The number of aliphatic hydroxyl groups excluding tert-OH is 1. The van der Waals surface area contributed by atoms with Gasteiger partial charge in [0.15, 0.2) is 0 Å². The molecule has 1 atom stereocenters. The van der Waals surface area contributed by atoms with Crippen LogP contribution in [0.1, 0.15) is 5.56 Å². The number of methoxy groups -OCH3 is 1. The first kappa shape index (κ1) is 17.5. The smallest absolute Gasteiger partial charge is 0.240 e. The van der Waals surface area contributed by atoms with Crippen LogP contribution in [0.5, 0.6) is 5.75 Å². The van der Waals surface area contributed by atoms with Crippen LogP contribution >= 0.6 is 0 Å². The predicted octanol–water partition coefficient (Wildman–Crippen LogP) is 2.06. The van der Waals surface area contributed by atoms with E-state index in [-0.39, 0.29) is 11.5 Å². The number of hydrogen-bond acceptors (Lipinski definition) is 4. The lowest BCUT2D eigenvalue weighted by Crippen LogP contribution is -2.39. The summed E-state index contributed by atoms with van der Waals surface area (Å²) in [6, 6.07) is 13.3. The zero-order chi connectivity index (χ0) is 17.9. The van der Waals surface area contributed by atoms with Crippen LogP contribution in [0, 0.1) is 0 Å². The molecular weight excluding hydrogens is 340 g/mol. The average molecular weight is 360 g/mol. The quantitative estimate of drug-likeness (QED) is 0.601. The van der Waals surface area contributed by atoms with Crippen LogP contribution < -0.4 is 9.46 Å². The van der Waals surface area contributed by atoms with E-state index in [0.29, 0.717) is 12.2 Å². The standard InChI is InChI=1S/C18H20N2O4S/c1-24-15-6-8-16(9-7-15)25(22,23)20-14(12-21)10-13-11-19-18-5-3-2-4-17(13)18/h2-9,11,14,19-21H,10,12H2,1H3. The van der Waals surface area contributed by atoms with Crippen LogP contribution in [0.15, 0.2) is 59.6 Å². The minimum atomic E-state index is -3.73.